The number of aliphatic hydroxyl groups is 1. The molecule has 0 bridgehead atoms. The van der Waals surface area contributed by atoms with Crippen molar-refractivity contribution in [3.8, 4) is 0 Å². The summed E-state index contributed by atoms with van der Waals surface area (Å²) in [7, 11) is 0. The van der Waals surface area contributed by atoms with Crippen LogP contribution < -0.4 is 5.32 Å². The van der Waals surface area contributed by atoms with E-state index in [1.807, 2.05) is 13.8 Å². The Morgan fingerprint density at radius 3 is 2.45 bits per heavy atom. The number of hydrogen-bond acceptors (Lipinski definition) is 4. The second kappa shape index (κ2) is 4.94. The maximum atomic E-state index is 10.1. The third-order valence-electron chi connectivity index (χ3n) is 5.77. The van der Waals surface area contributed by atoms with Crippen molar-refractivity contribution in [2.24, 2.45) is 5.41 Å². The number of piperidine rings is 1. The van der Waals surface area contributed by atoms with Gasteiger partial charge in [-0.05, 0) is 71.4 Å². The van der Waals surface area contributed by atoms with Crippen LogP contribution >= 0.6 is 0 Å². The van der Waals surface area contributed by atoms with Crippen LogP contribution in [-0.4, -0.2) is 48.2 Å². The largest absolute Gasteiger partial charge is 0.390 e. The minimum absolute atomic E-state index is 0.173. The van der Waals surface area contributed by atoms with E-state index in [1.54, 1.807) is 0 Å². The van der Waals surface area contributed by atoms with E-state index in [0.29, 0.717) is 5.41 Å². The third-order valence-corrected chi connectivity index (χ3v) is 5.77. The van der Waals surface area contributed by atoms with Crippen LogP contribution in [0.4, 0.5) is 0 Å². The predicted molar refractivity (Wildman–Crippen MR) is 77.7 cm³/mol. The van der Waals surface area contributed by atoms with Crippen LogP contribution in [0.3, 0.4) is 0 Å². The quantitative estimate of drug-likeness (QED) is 0.771. The van der Waals surface area contributed by atoms with Crippen molar-refractivity contribution in [2.45, 2.75) is 76.3 Å². The van der Waals surface area contributed by atoms with Gasteiger partial charge in [0.2, 0.25) is 0 Å². The van der Waals surface area contributed by atoms with Gasteiger partial charge >= 0.3 is 0 Å². The van der Waals surface area contributed by atoms with Crippen molar-refractivity contribution in [3.05, 3.63) is 0 Å². The highest BCUT2D eigenvalue weighted by Gasteiger charge is 2.53. The second-order valence-electron chi connectivity index (χ2n) is 7.83. The first-order chi connectivity index (χ1) is 9.35. The Balaban J connectivity index is 1.70. The molecule has 3 atom stereocenters. The van der Waals surface area contributed by atoms with E-state index in [2.05, 4.69) is 12.2 Å². The molecular formula is C16H29NO3. The Bertz CT molecular complexity index is 365. The molecule has 0 aromatic carbocycles. The van der Waals surface area contributed by atoms with E-state index in [9.17, 15) is 5.11 Å². The number of nitrogens with one attached hydrogen (secondary N) is 1. The summed E-state index contributed by atoms with van der Waals surface area (Å²) >= 11 is 0. The zero-order valence-corrected chi connectivity index (χ0v) is 13.1. The number of hydrogen-bond donors (Lipinski definition) is 2. The molecule has 0 aromatic rings. The lowest BCUT2D eigenvalue weighted by Gasteiger charge is -2.48. The van der Waals surface area contributed by atoms with Crippen molar-refractivity contribution in [1.82, 2.24) is 5.32 Å². The molecule has 3 rings (SSSR count). The summed E-state index contributed by atoms with van der Waals surface area (Å²) in [6, 6.07) is 0. The Hall–Kier alpha value is -0.160. The average Bonchev–Trinajstić information content (AvgIpc) is 2.80. The van der Waals surface area contributed by atoms with E-state index >= 15 is 0 Å². The van der Waals surface area contributed by atoms with Gasteiger partial charge in [-0.3, -0.25) is 0 Å². The highest BCUT2D eigenvalue weighted by Crippen LogP contribution is 2.48. The maximum absolute atomic E-state index is 10.1. The summed E-state index contributed by atoms with van der Waals surface area (Å²) < 4.78 is 12.5. The molecule has 2 N–H and O–H groups in total. The van der Waals surface area contributed by atoms with Gasteiger partial charge in [0, 0.05) is 0 Å². The fraction of sp³-hybridized carbons (Fsp3) is 1.00. The van der Waals surface area contributed by atoms with Crippen LogP contribution in [0.25, 0.3) is 0 Å². The van der Waals surface area contributed by atoms with Gasteiger partial charge in [0.15, 0.2) is 0 Å². The molecule has 3 heterocycles. The fourth-order valence-electron chi connectivity index (χ4n) is 4.20. The molecule has 116 valence electrons. The predicted octanol–water partition coefficient (Wildman–Crippen LogP) is 1.85. The van der Waals surface area contributed by atoms with Crippen LogP contribution in [0.2, 0.25) is 0 Å². The highest BCUT2D eigenvalue weighted by atomic mass is 16.6. The van der Waals surface area contributed by atoms with Crippen molar-refractivity contribution < 1.29 is 14.6 Å². The van der Waals surface area contributed by atoms with Crippen LogP contribution in [-0.2, 0) is 9.47 Å². The molecule has 3 aliphatic rings. The van der Waals surface area contributed by atoms with Crippen molar-refractivity contribution in [3.63, 3.8) is 0 Å². The van der Waals surface area contributed by atoms with Gasteiger partial charge in [0.1, 0.15) is 0 Å². The average molecular weight is 283 g/mol. The number of rotatable bonds is 1. The van der Waals surface area contributed by atoms with Gasteiger partial charge in [0.25, 0.3) is 0 Å². The molecule has 0 saturated carbocycles. The van der Waals surface area contributed by atoms with E-state index in [0.717, 1.165) is 39.0 Å². The molecule has 0 amide bonds. The first-order valence-corrected chi connectivity index (χ1v) is 8.06. The molecule has 3 fully saturated rings. The van der Waals surface area contributed by atoms with Crippen molar-refractivity contribution in [2.75, 3.05) is 19.7 Å². The van der Waals surface area contributed by atoms with E-state index < -0.39 is 5.60 Å². The Kier molecular flexibility index (Phi) is 3.65. The second-order valence-corrected chi connectivity index (χ2v) is 7.83. The summed E-state index contributed by atoms with van der Waals surface area (Å²) in [5.41, 5.74) is -0.361. The molecule has 1 spiro atoms. The standard InChI is InChI=1S/C16H29NO3/c1-14(2)12(18)4-5-15(3,20-14)13-10-16(11-19-13)6-8-17-9-7-16/h12-13,17-18H,4-11H2,1-3H3/t12-,13+,15+/m1/s1. The van der Waals surface area contributed by atoms with Gasteiger partial charge in [-0.25, -0.2) is 0 Å². The van der Waals surface area contributed by atoms with Gasteiger partial charge in [0.05, 0.1) is 30.0 Å². The lowest BCUT2D eigenvalue weighted by atomic mass is 9.73. The summed E-state index contributed by atoms with van der Waals surface area (Å²) in [5.74, 6) is 0. The van der Waals surface area contributed by atoms with Gasteiger partial charge < -0.3 is 19.9 Å². The Labute approximate surface area is 122 Å². The third kappa shape index (κ3) is 2.52. The molecule has 3 saturated heterocycles. The number of aliphatic hydroxyl groups excluding tert-OH is 1. The van der Waals surface area contributed by atoms with Crippen molar-refractivity contribution >= 4 is 0 Å². The monoisotopic (exact) mass is 283 g/mol. The first-order valence-electron chi connectivity index (χ1n) is 8.06. The molecule has 0 aromatic heterocycles. The van der Waals surface area contributed by atoms with Crippen LogP contribution in [0, 0.1) is 5.41 Å². The zero-order chi connectivity index (χ0) is 14.4. The fourth-order valence-corrected chi connectivity index (χ4v) is 4.20. The topological polar surface area (TPSA) is 50.7 Å². The Morgan fingerprint density at radius 2 is 1.80 bits per heavy atom. The molecule has 0 radical (unpaired) electrons. The molecule has 20 heavy (non-hydrogen) atoms. The Morgan fingerprint density at radius 1 is 1.10 bits per heavy atom. The zero-order valence-electron chi connectivity index (χ0n) is 13.1. The van der Waals surface area contributed by atoms with E-state index in [1.165, 1.54) is 12.8 Å². The van der Waals surface area contributed by atoms with Crippen LogP contribution in [0.5, 0.6) is 0 Å². The summed E-state index contributed by atoms with van der Waals surface area (Å²) in [6.45, 7) is 9.25. The lowest BCUT2D eigenvalue weighted by Crippen LogP contribution is -2.56. The molecule has 0 unspecified atom stereocenters. The molecule has 3 aliphatic heterocycles. The van der Waals surface area contributed by atoms with Crippen LogP contribution in [0.1, 0.15) is 52.9 Å². The maximum Gasteiger partial charge on any atom is 0.0924 e. The lowest BCUT2D eigenvalue weighted by molar-refractivity contribution is -0.245. The molecule has 4 nitrogen and oxygen atoms in total. The first kappa shape index (κ1) is 14.8. The molecule has 0 aliphatic carbocycles. The van der Waals surface area contributed by atoms with Crippen LogP contribution in [0.15, 0.2) is 0 Å². The highest BCUT2D eigenvalue weighted by molar-refractivity contribution is 5.02. The SMILES string of the molecule is CC1(C)O[C@](C)([C@@H]2CC3(CCNCC3)CO2)CC[C@H]1O. The van der Waals surface area contributed by atoms with Gasteiger partial charge in [-0.2, -0.15) is 0 Å². The minimum atomic E-state index is -0.472. The smallest absolute Gasteiger partial charge is 0.0924 e. The number of ether oxygens (including phenoxy) is 2. The molecular weight excluding hydrogens is 254 g/mol. The summed E-state index contributed by atoms with van der Waals surface area (Å²) in [6.07, 6.45) is 5.03. The summed E-state index contributed by atoms with van der Waals surface area (Å²) in [4.78, 5) is 0. The van der Waals surface area contributed by atoms with E-state index in [4.69, 9.17) is 9.47 Å². The molecule has 4 heteroatoms. The normalized spacial score (nSPS) is 43.8. The summed E-state index contributed by atoms with van der Waals surface area (Å²) in [5, 5.41) is 13.5. The van der Waals surface area contributed by atoms with Gasteiger partial charge in [-0.1, -0.05) is 0 Å². The van der Waals surface area contributed by atoms with E-state index in [-0.39, 0.29) is 17.8 Å². The minimum Gasteiger partial charge on any atom is -0.390 e. The van der Waals surface area contributed by atoms with Crippen molar-refractivity contribution in [1.29, 1.82) is 0 Å². The van der Waals surface area contributed by atoms with Gasteiger partial charge in [-0.15, -0.1) is 0 Å².